The van der Waals surface area contributed by atoms with E-state index in [9.17, 15) is 0 Å². The third-order valence-corrected chi connectivity index (χ3v) is 14.6. The molecule has 0 unspecified atom stereocenters. The molecule has 1 radical (unpaired) electrons. The Morgan fingerprint density at radius 2 is 1.24 bits per heavy atom. The van der Waals surface area contributed by atoms with Crippen molar-refractivity contribution in [2.24, 2.45) is 0 Å². The average molecular weight is 1100 g/mol. The Labute approximate surface area is 427 Å². The Balaban J connectivity index is 0.000000307. The fraction of sp³-hybridized carbons (Fsp3) is 0.0635. The van der Waals surface area contributed by atoms with Gasteiger partial charge in [-0.05, 0) is 81.8 Å². The largest absolute Gasteiger partial charge is 0.486 e. The molecule has 0 amide bonds. The van der Waals surface area contributed by atoms with E-state index in [1.807, 2.05) is 103 Å². The van der Waals surface area contributed by atoms with Crippen LogP contribution in [0.3, 0.4) is 0 Å². The van der Waals surface area contributed by atoms with E-state index < -0.39 is 14.9 Å². The fourth-order valence-corrected chi connectivity index (χ4v) is 9.98. The molecule has 0 bridgehead atoms. The van der Waals surface area contributed by atoms with Crippen LogP contribution in [0.15, 0.2) is 223 Å². The molecule has 0 aliphatic rings. The molecule has 0 aliphatic carbocycles. The van der Waals surface area contributed by atoms with Gasteiger partial charge < -0.3 is 14.0 Å². The molecular weight excluding hydrogens is 1050 g/mol. The van der Waals surface area contributed by atoms with E-state index in [1.54, 1.807) is 18.2 Å². The van der Waals surface area contributed by atoms with Crippen molar-refractivity contribution in [2.45, 2.75) is 26.5 Å². The molecule has 7 heteroatoms. The number of rotatable bonds is 8. The number of para-hydroxylation sites is 2. The molecule has 8 aromatic carbocycles. The zero-order valence-electron chi connectivity index (χ0n) is 41.8. The van der Waals surface area contributed by atoms with Crippen LogP contribution in [-0.2, 0) is 20.1 Å². The van der Waals surface area contributed by atoms with Gasteiger partial charge in [-0.25, -0.2) is 4.98 Å². The summed E-state index contributed by atoms with van der Waals surface area (Å²) in [5.74, 6) is 0.674. The molecule has 70 heavy (non-hydrogen) atoms. The van der Waals surface area contributed by atoms with Gasteiger partial charge in [0.25, 0.3) is 0 Å². The maximum Gasteiger partial charge on any atom is 0.216 e. The quantitative estimate of drug-likeness (QED) is 0.112. The van der Waals surface area contributed by atoms with Crippen molar-refractivity contribution in [3.63, 3.8) is 0 Å². The molecule has 341 valence electrons. The number of nitrogens with zero attached hydrogens (tertiary/aromatic N) is 4. The van der Waals surface area contributed by atoms with E-state index in [2.05, 4.69) is 138 Å². The standard InChI is InChI=1S/C49H32N3O.C14H16NSi.Ir/c1-32-15-11-12-22-37(32)42-29-28-39-46-38(34-18-7-3-8-19-34)26-27-40(47(46)53-49(39)51-42)48-50-43-23-13-14-24-45(43)52(48)44-30-25-36(33-16-5-2-6-17-33)31-41(44)35-20-9-4-10-21-35;1-16(2,3)13-9-10-14(15-11-13)12-7-5-4-6-8-12;/h2-26,28-31H,1H3;4-7,9-11H,1-3H3;/q2*-1;/i1D3;;. The number of imidazole rings is 1. The SMILES string of the molecule is C[Si](C)(C)c1ccc(-c2[c-]cccc2)nc1.[2H]C([2H])([2H])c1ccccc1-c1ccc2c(n1)oc1c(-c3nc4ccccc4n3-c3ccc(-c4ccccc4)cc3-c3ccccc3)[c-]cc(-c3ccccc3)c12.[Ir]. The molecule has 12 aromatic rings. The van der Waals surface area contributed by atoms with Crippen molar-refractivity contribution in [1.82, 2.24) is 19.5 Å². The molecule has 0 atom stereocenters. The zero-order valence-corrected chi connectivity index (χ0v) is 42.2. The van der Waals surface area contributed by atoms with Gasteiger partial charge in [-0.15, -0.1) is 48.0 Å². The molecule has 0 N–H and O–H groups in total. The van der Waals surface area contributed by atoms with Crippen LogP contribution in [0.4, 0.5) is 0 Å². The first-order chi connectivity index (χ1) is 35.0. The van der Waals surface area contributed by atoms with Crippen LogP contribution in [0.2, 0.25) is 19.6 Å². The van der Waals surface area contributed by atoms with E-state index in [4.69, 9.17) is 18.5 Å². The van der Waals surface area contributed by atoms with E-state index in [0.717, 1.165) is 72.1 Å². The second-order valence-electron chi connectivity index (χ2n) is 18.0. The van der Waals surface area contributed by atoms with Crippen molar-refractivity contribution >= 4 is 46.4 Å². The summed E-state index contributed by atoms with van der Waals surface area (Å²) in [6, 6.07) is 77.7. The van der Waals surface area contributed by atoms with Crippen LogP contribution in [0.5, 0.6) is 0 Å². The Bertz CT molecular complexity index is 3880. The summed E-state index contributed by atoms with van der Waals surface area (Å²) >= 11 is 0. The molecule has 4 heterocycles. The van der Waals surface area contributed by atoms with Crippen LogP contribution in [0.1, 0.15) is 9.68 Å². The van der Waals surface area contributed by atoms with Crippen LogP contribution < -0.4 is 5.19 Å². The molecule has 0 spiro atoms. The van der Waals surface area contributed by atoms with Gasteiger partial charge in [0, 0.05) is 52.6 Å². The molecule has 0 aliphatic heterocycles. The summed E-state index contributed by atoms with van der Waals surface area (Å²) in [7, 11) is -1.23. The van der Waals surface area contributed by atoms with E-state index in [0.29, 0.717) is 33.9 Å². The second-order valence-corrected chi connectivity index (χ2v) is 23.1. The molecule has 12 rings (SSSR count). The topological polar surface area (TPSA) is 56.7 Å². The van der Waals surface area contributed by atoms with Crippen molar-refractivity contribution in [3.05, 3.63) is 236 Å². The minimum absolute atomic E-state index is 0. The number of aromatic nitrogens is 4. The van der Waals surface area contributed by atoms with Crippen LogP contribution in [-0.4, -0.2) is 27.6 Å². The van der Waals surface area contributed by atoms with Gasteiger partial charge in [-0.1, -0.05) is 182 Å². The van der Waals surface area contributed by atoms with Crippen LogP contribution >= 0.6 is 0 Å². The van der Waals surface area contributed by atoms with Gasteiger partial charge in [0.15, 0.2) is 0 Å². The molecule has 0 fully saturated rings. The minimum atomic E-state index is -2.30. The Morgan fingerprint density at radius 3 is 1.94 bits per heavy atom. The molecule has 0 saturated carbocycles. The Kier molecular flexibility index (Phi) is 11.9. The van der Waals surface area contributed by atoms with Crippen molar-refractivity contribution < 1.29 is 28.6 Å². The maximum atomic E-state index is 8.19. The van der Waals surface area contributed by atoms with Gasteiger partial charge in [0.05, 0.1) is 36.2 Å². The van der Waals surface area contributed by atoms with Gasteiger partial charge in [-0.3, -0.25) is 4.98 Å². The number of benzene rings is 8. The summed E-state index contributed by atoms with van der Waals surface area (Å²) in [6.45, 7) is 4.69. The first kappa shape index (κ1) is 42.3. The van der Waals surface area contributed by atoms with Gasteiger partial charge in [-0.2, -0.15) is 0 Å². The number of hydrogen-bond acceptors (Lipinski definition) is 4. The van der Waals surface area contributed by atoms with Crippen molar-refractivity contribution in [2.75, 3.05) is 0 Å². The second kappa shape index (κ2) is 19.7. The summed E-state index contributed by atoms with van der Waals surface area (Å²) in [5.41, 5.74) is 14.1. The summed E-state index contributed by atoms with van der Waals surface area (Å²) in [5, 5.41) is 3.08. The fourth-order valence-electron chi connectivity index (χ4n) is 8.95. The zero-order chi connectivity index (χ0) is 49.4. The number of aryl methyl sites for hydroxylation is 1. The van der Waals surface area contributed by atoms with Crippen molar-refractivity contribution in [1.29, 1.82) is 0 Å². The van der Waals surface area contributed by atoms with E-state index >= 15 is 0 Å². The Hall–Kier alpha value is -7.80. The minimum Gasteiger partial charge on any atom is -0.486 e. The third-order valence-electron chi connectivity index (χ3n) is 12.5. The summed E-state index contributed by atoms with van der Waals surface area (Å²) in [6.07, 6.45) is 2.02. The van der Waals surface area contributed by atoms with Gasteiger partial charge in [0.1, 0.15) is 0 Å². The predicted octanol–water partition coefficient (Wildman–Crippen LogP) is 15.9. The number of fused-ring (bicyclic) bond motifs is 4. The third kappa shape index (κ3) is 8.99. The van der Waals surface area contributed by atoms with Crippen LogP contribution in [0, 0.1) is 19.0 Å². The summed E-state index contributed by atoms with van der Waals surface area (Å²) < 4.78 is 33.6. The molecule has 4 aromatic heterocycles. The maximum absolute atomic E-state index is 8.19. The normalized spacial score (nSPS) is 12.1. The van der Waals surface area contributed by atoms with E-state index in [1.165, 1.54) is 5.19 Å². The first-order valence-corrected chi connectivity index (χ1v) is 26.6. The predicted molar refractivity (Wildman–Crippen MR) is 288 cm³/mol. The average Bonchev–Trinajstić information content (AvgIpc) is 4.00. The van der Waals surface area contributed by atoms with Crippen molar-refractivity contribution in [3.8, 4) is 73.0 Å². The number of furan rings is 1. The molecule has 5 nitrogen and oxygen atoms in total. The molecular formula is C63H48IrN4OSi-2. The number of pyridine rings is 2. The Morgan fingerprint density at radius 1 is 0.571 bits per heavy atom. The van der Waals surface area contributed by atoms with E-state index in [-0.39, 0.29) is 25.7 Å². The van der Waals surface area contributed by atoms with Gasteiger partial charge in [0.2, 0.25) is 5.71 Å². The smallest absolute Gasteiger partial charge is 0.216 e. The summed E-state index contributed by atoms with van der Waals surface area (Å²) in [4.78, 5) is 14.8. The van der Waals surface area contributed by atoms with Crippen LogP contribution in [0.25, 0.3) is 106 Å². The molecule has 0 saturated heterocycles. The van der Waals surface area contributed by atoms with Gasteiger partial charge >= 0.3 is 0 Å². The number of hydrogen-bond donors (Lipinski definition) is 0. The monoisotopic (exact) mass is 1100 g/mol. The first-order valence-electron chi connectivity index (χ1n) is 24.6.